The van der Waals surface area contributed by atoms with E-state index < -0.39 is 10.0 Å². The highest BCUT2D eigenvalue weighted by molar-refractivity contribution is 7.89. The van der Waals surface area contributed by atoms with Crippen LogP contribution in [0.1, 0.15) is 34.3 Å². The molecule has 0 bridgehead atoms. The molecule has 1 saturated heterocycles. The van der Waals surface area contributed by atoms with Crippen LogP contribution in [0.3, 0.4) is 0 Å². The normalized spacial score (nSPS) is 17.9. The Hall–Kier alpha value is -2.42. The maximum absolute atomic E-state index is 13.3. The predicted molar refractivity (Wildman–Crippen MR) is 117 cm³/mol. The summed E-state index contributed by atoms with van der Waals surface area (Å²) in [6, 6.07) is 12.1. The van der Waals surface area contributed by atoms with Crippen molar-refractivity contribution in [1.82, 2.24) is 9.21 Å². The number of amides is 2. The zero-order valence-electron chi connectivity index (χ0n) is 17.0. The number of hydrogen-bond donors (Lipinski definition) is 1. The number of sulfonamides is 1. The van der Waals surface area contributed by atoms with Gasteiger partial charge in [0, 0.05) is 32.1 Å². The SMILES string of the molecule is NC(=O)C1CCN(C(=O)c2cc(S(=O)(=O)N3CCc4ccccc4C3)ccc2Cl)CC1. The van der Waals surface area contributed by atoms with Crippen molar-refractivity contribution in [1.29, 1.82) is 0 Å². The third-order valence-electron chi connectivity index (χ3n) is 6.09. The van der Waals surface area contributed by atoms with Crippen LogP contribution in [-0.2, 0) is 27.8 Å². The lowest BCUT2D eigenvalue weighted by atomic mass is 9.96. The number of benzene rings is 2. The van der Waals surface area contributed by atoms with Gasteiger partial charge in [-0.2, -0.15) is 4.31 Å². The minimum atomic E-state index is -3.79. The smallest absolute Gasteiger partial charge is 0.255 e. The molecular formula is C22H24ClN3O4S. The van der Waals surface area contributed by atoms with Gasteiger partial charge in [0.05, 0.1) is 15.5 Å². The molecule has 1 fully saturated rings. The van der Waals surface area contributed by atoms with Crippen LogP contribution in [0.15, 0.2) is 47.4 Å². The number of carbonyl (C=O) groups excluding carboxylic acids is 2. The molecule has 2 amide bonds. The van der Waals surface area contributed by atoms with E-state index in [-0.39, 0.29) is 33.2 Å². The maximum Gasteiger partial charge on any atom is 0.255 e. The fourth-order valence-electron chi connectivity index (χ4n) is 4.19. The van der Waals surface area contributed by atoms with E-state index in [9.17, 15) is 18.0 Å². The van der Waals surface area contributed by atoms with Crippen molar-refractivity contribution in [3.05, 3.63) is 64.2 Å². The largest absolute Gasteiger partial charge is 0.369 e. The Kier molecular flexibility index (Phi) is 6.05. The first-order chi connectivity index (χ1) is 14.8. The summed E-state index contributed by atoms with van der Waals surface area (Å²) in [5.74, 6) is -0.941. The highest BCUT2D eigenvalue weighted by Gasteiger charge is 2.31. The van der Waals surface area contributed by atoms with Crippen molar-refractivity contribution in [2.45, 2.75) is 30.7 Å². The van der Waals surface area contributed by atoms with Gasteiger partial charge in [-0.25, -0.2) is 8.42 Å². The van der Waals surface area contributed by atoms with Crippen LogP contribution in [0, 0.1) is 5.92 Å². The average molecular weight is 462 g/mol. The summed E-state index contributed by atoms with van der Waals surface area (Å²) < 4.78 is 28.0. The van der Waals surface area contributed by atoms with Crippen molar-refractivity contribution < 1.29 is 18.0 Å². The van der Waals surface area contributed by atoms with Gasteiger partial charge in [-0.1, -0.05) is 35.9 Å². The molecular weight excluding hydrogens is 438 g/mol. The van der Waals surface area contributed by atoms with E-state index in [4.69, 9.17) is 17.3 Å². The lowest BCUT2D eigenvalue weighted by molar-refractivity contribution is -0.123. The van der Waals surface area contributed by atoms with E-state index in [1.807, 2.05) is 24.3 Å². The molecule has 2 aromatic rings. The molecule has 0 radical (unpaired) electrons. The van der Waals surface area contributed by atoms with Crippen LogP contribution in [0.5, 0.6) is 0 Å². The Morgan fingerprint density at radius 2 is 1.68 bits per heavy atom. The van der Waals surface area contributed by atoms with Crippen LogP contribution in [0.25, 0.3) is 0 Å². The number of hydrogen-bond acceptors (Lipinski definition) is 4. The standard InChI is InChI=1S/C22H24ClN3O4S/c23-20-6-5-18(13-19(20)22(28)25-10-7-16(8-11-25)21(24)27)31(29,30)26-12-9-15-3-1-2-4-17(15)14-26/h1-6,13,16H,7-12,14H2,(H2,24,27). The zero-order valence-corrected chi connectivity index (χ0v) is 18.5. The molecule has 0 aliphatic carbocycles. The van der Waals surface area contributed by atoms with Crippen LogP contribution < -0.4 is 5.73 Å². The number of halogens is 1. The molecule has 2 heterocycles. The van der Waals surface area contributed by atoms with Crippen molar-refractivity contribution in [3.63, 3.8) is 0 Å². The van der Waals surface area contributed by atoms with Gasteiger partial charge in [-0.15, -0.1) is 0 Å². The fourth-order valence-corrected chi connectivity index (χ4v) is 5.83. The van der Waals surface area contributed by atoms with Crippen LogP contribution in [-0.4, -0.2) is 49.1 Å². The molecule has 2 aliphatic rings. The average Bonchev–Trinajstić information content (AvgIpc) is 2.78. The molecule has 7 nitrogen and oxygen atoms in total. The van der Waals surface area contributed by atoms with E-state index in [1.54, 1.807) is 4.90 Å². The van der Waals surface area contributed by atoms with Crippen molar-refractivity contribution in [2.75, 3.05) is 19.6 Å². The Morgan fingerprint density at radius 1 is 1.00 bits per heavy atom. The van der Waals surface area contributed by atoms with Gasteiger partial charge in [-0.05, 0) is 48.6 Å². The Labute approximate surface area is 186 Å². The highest BCUT2D eigenvalue weighted by atomic mass is 35.5. The minimum Gasteiger partial charge on any atom is -0.369 e. The molecule has 4 rings (SSSR count). The lowest BCUT2D eigenvalue weighted by Gasteiger charge is -2.31. The number of rotatable bonds is 4. The zero-order chi connectivity index (χ0) is 22.2. The summed E-state index contributed by atoms with van der Waals surface area (Å²) in [5, 5.41) is 0.199. The van der Waals surface area contributed by atoms with E-state index >= 15 is 0 Å². The fraction of sp³-hybridized carbons (Fsp3) is 0.364. The number of fused-ring (bicyclic) bond motifs is 1. The first kappa shape index (κ1) is 21.8. The summed E-state index contributed by atoms with van der Waals surface area (Å²) in [5.41, 5.74) is 7.65. The van der Waals surface area contributed by atoms with E-state index in [1.165, 1.54) is 22.5 Å². The molecule has 9 heteroatoms. The molecule has 0 atom stereocenters. The van der Waals surface area contributed by atoms with Gasteiger partial charge < -0.3 is 10.6 Å². The van der Waals surface area contributed by atoms with Crippen LogP contribution in [0.2, 0.25) is 5.02 Å². The summed E-state index contributed by atoms with van der Waals surface area (Å²) in [4.78, 5) is 26.0. The molecule has 2 aliphatic heterocycles. The topological polar surface area (TPSA) is 101 Å². The molecule has 0 spiro atoms. The molecule has 2 aromatic carbocycles. The Balaban J connectivity index is 1.56. The molecule has 0 aromatic heterocycles. The van der Waals surface area contributed by atoms with Gasteiger partial charge in [-0.3, -0.25) is 9.59 Å². The predicted octanol–water partition coefficient (Wildman–Crippen LogP) is 2.42. The lowest BCUT2D eigenvalue weighted by Crippen LogP contribution is -2.42. The highest BCUT2D eigenvalue weighted by Crippen LogP contribution is 2.29. The Morgan fingerprint density at radius 3 is 2.35 bits per heavy atom. The summed E-state index contributed by atoms with van der Waals surface area (Å²) >= 11 is 6.26. The second-order valence-corrected chi connectivity index (χ2v) is 10.3. The van der Waals surface area contributed by atoms with Gasteiger partial charge in [0.1, 0.15) is 0 Å². The van der Waals surface area contributed by atoms with E-state index in [0.29, 0.717) is 45.4 Å². The first-order valence-corrected chi connectivity index (χ1v) is 12.0. The number of nitrogens with zero attached hydrogens (tertiary/aromatic N) is 2. The molecule has 164 valence electrons. The number of primary amides is 1. The number of likely N-dealkylation sites (tertiary alicyclic amines) is 1. The van der Waals surface area contributed by atoms with Crippen molar-refractivity contribution >= 4 is 33.4 Å². The van der Waals surface area contributed by atoms with E-state index in [2.05, 4.69) is 0 Å². The van der Waals surface area contributed by atoms with Crippen LogP contribution in [0.4, 0.5) is 0 Å². The summed E-state index contributed by atoms with van der Waals surface area (Å²) in [7, 11) is -3.79. The second kappa shape index (κ2) is 8.61. The monoisotopic (exact) mass is 461 g/mol. The van der Waals surface area contributed by atoms with Gasteiger partial charge in [0.2, 0.25) is 15.9 Å². The molecule has 0 saturated carbocycles. The molecule has 0 unspecified atom stereocenters. The Bertz CT molecular complexity index is 1130. The first-order valence-electron chi connectivity index (χ1n) is 10.2. The van der Waals surface area contributed by atoms with Gasteiger partial charge >= 0.3 is 0 Å². The molecule has 2 N–H and O–H groups in total. The van der Waals surface area contributed by atoms with Gasteiger partial charge in [0.25, 0.3) is 5.91 Å². The minimum absolute atomic E-state index is 0.0478. The quantitative estimate of drug-likeness (QED) is 0.755. The van der Waals surface area contributed by atoms with Crippen molar-refractivity contribution in [3.8, 4) is 0 Å². The summed E-state index contributed by atoms with van der Waals surface area (Å²) in [6.45, 7) is 1.43. The number of piperidine rings is 1. The van der Waals surface area contributed by atoms with E-state index in [0.717, 1.165) is 11.1 Å². The maximum atomic E-state index is 13.3. The molecule has 31 heavy (non-hydrogen) atoms. The van der Waals surface area contributed by atoms with Gasteiger partial charge in [0.15, 0.2) is 0 Å². The number of nitrogens with two attached hydrogens (primary N) is 1. The van der Waals surface area contributed by atoms with Crippen molar-refractivity contribution in [2.24, 2.45) is 11.7 Å². The third kappa shape index (κ3) is 4.33. The van der Waals surface area contributed by atoms with Crippen LogP contribution >= 0.6 is 11.6 Å². The second-order valence-electron chi connectivity index (χ2n) is 7.97. The number of carbonyl (C=O) groups is 2. The third-order valence-corrected chi connectivity index (χ3v) is 8.26. The summed E-state index contributed by atoms with van der Waals surface area (Å²) in [6.07, 6.45) is 1.62.